The largest absolute Gasteiger partial charge is 0.446 e. The zero-order valence-corrected chi connectivity index (χ0v) is 8.69. The van der Waals surface area contributed by atoms with Crippen molar-refractivity contribution in [3.63, 3.8) is 0 Å². The zero-order valence-electron chi connectivity index (χ0n) is 7.88. The van der Waals surface area contributed by atoms with Gasteiger partial charge >= 0.3 is 5.51 Å². The molecule has 1 aromatic heterocycles. The van der Waals surface area contributed by atoms with E-state index < -0.39 is 5.51 Å². The third-order valence-electron chi connectivity index (χ3n) is 1.89. The predicted octanol–water partition coefficient (Wildman–Crippen LogP) is 2.67. The number of aliphatic hydroxyl groups excluding tert-OH is 1. The van der Waals surface area contributed by atoms with Gasteiger partial charge in [0.2, 0.25) is 0 Å². The number of halogens is 3. The van der Waals surface area contributed by atoms with Gasteiger partial charge in [-0.25, -0.2) is 4.98 Å². The number of aromatic nitrogens is 2. The van der Waals surface area contributed by atoms with Gasteiger partial charge in [0.15, 0.2) is 0 Å². The fraction of sp³-hybridized carbons (Fsp3) is 0.222. The van der Waals surface area contributed by atoms with Crippen molar-refractivity contribution in [1.82, 2.24) is 9.97 Å². The molecule has 2 rings (SSSR count). The molecule has 1 aromatic carbocycles. The molecule has 0 atom stereocenters. The average Bonchev–Trinajstić information content (AvgIpc) is 2.57. The number of benzene rings is 1. The highest BCUT2D eigenvalue weighted by atomic mass is 32.2. The lowest BCUT2D eigenvalue weighted by atomic mass is 10.3. The molecule has 0 radical (unpaired) electrons. The van der Waals surface area contributed by atoms with Gasteiger partial charge in [-0.15, -0.1) is 0 Å². The van der Waals surface area contributed by atoms with E-state index in [1.165, 1.54) is 18.2 Å². The molecule has 2 N–H and O–H groups in total. The number of H-pyrrole nitrogens is 1. The van der Waals surface area contributed by atoms with Crippen LogP contribution in [0.4, 0.5) is 13.2 Å². The van der Waals surface area contributed by atoms with E-state index in [2.05, 4.69) is 9.97 Å². The number of aromatic amines is 1. The Morgan fingerprint density at radius 3 is 2.75 bits per heavy atom. The van der Waals surface area contributed by atoms with Crippen molar-refractivity contribution in [2.75, 3.05) is 0 Å². The highest BCUT2D eigenvalue weighted by Crippen LogP contribution is 2.37. The van der Waals surface area contributed by atoms with Crippen LogP contribution in [0.2, 0.25) is 0 Å². The molecule has 0 saturated heterocycles. The lowest BCUT2D eigenvalue weighted by Gasteiger charge is -2.04. The molecule has 0 bridgehead atoms. The van der Waals surface area contributed by atoms with E-state index in [9.17, 15) is 13.2 Å². The van der Waals surface area contributed by atoms with Gasteiger partial charge in [-0.1, -0.05) is 0 Å². The number of rotatable bonds is 2. The Kier molecular flexibility index (Phi) is 2.81. The first-order chi connectivity index (χ1) is 7.48. The van der Waals surface area contributed by atoms with E-state index >= 15 is 0 Å². The molecule has 1 heterocycles. The number of alkyl halides is 3. The number of thioether (sulfide) groups is 1. The van der Waals surface area contributed by atoms with E-state index in [0.717, 1.165) is 0 Å². The summed E-state index contributed by atoms with van der Waals surface area (Å²) in [5.41, 5.74) is -3.28. The Morgan fingerprint density at radius 2 is 2.12 bits per heavy atom. The molecule has 0 unspecified atom stereocenters. The highest BCUT2D eigenvalue weighted by Gasteiger charge is 2.29. The lowest BCUT2D eigenvalue weighted by Crippen LogP contribution is -1.98. The van der Waals surface area contributed by atoms with E-state index in [4.69, 9.17) is 5.11 Å². The van der Waals surface area contributed by atoms with Crippen molar-refractivity contribution >= 4 is 22.8 Å². The number of hydrogen-bond acceptors (Lipinski definition) is 3. The van der Waals surface area contributed by atoms with E-state index in [1.807, 2.05) is 0 Å². The van der Waals surface area contributed by atoms with Crippen LogP contribution in [0.1, 0.15) is 5.82 Å². The maximum absolute atomic E-state index is 12.1. The van der Waals surface area contributed by atoms with Crippen molar-refractivity contribution in [2.24, 2.45) is 0 Å². The highest BCUT2D eigenvalue weighted by molar-refractivity contribution is 8.00. The molecular weight excluding hydrogens is 241 g/mol. The quantitative estimate of drug-likeness (QED) is 0.803. The third-order valence-corrected chi connectivity index (χ3v) is 2.61. The number of nitrogens with zero attached hydrogens (tertiary/aromatic N) is 1. The summed E-state index contributed by atoms with van der Waals surface area (Å²) in [4.78, 5) is 6.79. The van der Waals surface area contributed by atoms with Crippen LogP contribution in [0.25, 0.3) is 11.0 Å². The third kappa shape index (κ3) is 2.48. The smallest absolute Gasteiger partial charge is 0.388 e. The molecule has 3 nitrogen and oxygen atoms in total. The molecular formula is C9H7F3N2OS. The summed E-state index contributed by atoms with van der Waals surface area (Å²) >= 11 is -0.178. The van der Waals surface area contributed by atoms with Crippen molar-refractivity contribution in [2.45, 2.75) is 17.0 Å². The van der Waals surface area contributed by atoms with Crippen LogP contribution in [0.5, 0.6) is 0 Å². The van der Waals surface area contributed by atoms with Crippen LogP contribution < -0.4 is 0 Å². The molecule has 0 aliphatic heterocycles. The van der Waals surface area contributed by atoms with Gasteiger partial charge in [-0.05, 0) is 30.0 Å². The second-order valence-corrected chi connectivity index (χ2v) is 4.21. The zero-order chi connectivity index (χ0) is 11.8. The van der Waals surface area contributed by atoms with Gasteiger partial charge in [0.25, 0.3) is 0 Å². The fourth-order valence-corrected chi connectivity index (χ4v) is 1.89. The molecule has 0 fully saturated rings. The summed E-state index contributed by atoms with van der Waals surface area (Å²) in [7, 11) is 0. The Hall–Kier alpha value is -1.21. The minimum Gasteiger partial charge on any atom is -0.388 e. The lowest BCUT2D eigenvalue weighted by molar-refractivity contribution is -0.0328. The Bertz CT molecular complexity index is 509. The minimum absolute atomic E-state index is 0.0909. The van der Waals surface area contributed by atoms with Gasteiger partial charge in [-0.2, -0.15) is 13.2 Å². The summed E-state index contributed by atoms with van der Waals surface area (Å²) in [5, 5.41) is 8.82. The monoisotopic (exact) mass is 248 g/mol. The van der Waals surface area contributed by atoms with Crippen LogP contribution in [0.15, 0.2) is 23.1 Å². The molecule has 16 heavy (non-hydrogen) atoms. The standard InChI is InChI=1S/C9H7F3N2OS/c10-9(11,12)16-5-1-2-6-7(3-5)14-8(4-15)13-6/h1-3,15H,4H2,(H,13,14). The van der Waals surface area contributed by atoms with Crippen LogP contribution in [-0.2, 0) is 6.61 Å². The Morgan fingerprint density at radius 1 is 1.38 bits per heavy atom. The van der Waals surface area contributed by atoms with Crippen molar-refractivity contribution in [3.8, 4) is 0 Å². The normalized spacial score (nSPS) is 12.2. The maximum atomic E-state index is 12.1. The van der Waals surface area contributed by atoms with Gasteiger partial charge in [0, 0.05) is 4.90 Å². The van der Waals surface area contributed by atoms with E-state index in [1.54, 1.807) is 0 Å². The SMILES string of the molecule is OCc1nc2ccc(SC(F)(F)F)cc2[nH]1. The topological polar surface area (TPSA) is 48.9 Å². The van der Waals surface area contributed by atoms with Crippen molar-refractivity contribution in [3.05, 3.63) is 24.0 Å². The van der Waals surface area contributed by atoms with Gasteiger partial charge in [-0.3, -0.25) is 0 Å². The van der Waals surface area contributed by atoms with Crippen LogP contribution in [-0.4, -0.2) is 20.6 Å². The van der Waals surface area contributed by atoms with Crippen molar-refractivity contribution in [1.29, 1.82) is 0 Å². The number of aliphatic hydroxyl groups is 1. The van der Waals surface area contributed by atoms with Gasteiger partial charge in [0.1, 0.15) is 12.4 Å². The van der Waals surface area contributed by atoms with Gasteiger partial charge in [0.05, 0.1) is 11.0 Å². The minimum atomic E-state index is -4.30. The fourth-order valence-electron chi connectivity index (χ4n) is 1.31. The molecule has 0 aliphatic rings. The number of hydrogen-bond donors (Lipinski definition) is 2. The van der Waals surface area contributed by atoms with Crippen LogP contribution >= 0.6 is 11.8 Å². The number of imidazole rings is 1. The number of fused-ring (bicyclic) bond motifs is 1. The summed E-state index contributed by atoms with van der Waals surface area (Å²) in [5.74, 6) is 0.337. The van der Waals surface area contributed by atoms with Gasteiger partial charge < -0.3 is 10.1 Å². The Labute approximate surface area is 92.7 Å². The number of nitrogens with one attached hydrogen (secondary N) is 1. The average molecular weight is 248 g/mol. The molecule has 0 amide bonds. The summed E-state index contributed by atoms with van der Waals surface area (Å²) < 4.78 is 36.3. The second-order valence-electron chi connectivity index (χ2n) is 3.07. The van der Waals surface area contributed by atoms with E-state index in [-0.39, 0.29) is 23.3 Å². The summed E-state index contributed by atoms with van der Waals surface area (Å²) in [6.07, 6.45) is 0. The maximum Gasteiger partial charge on any atom is 0.446 e. The second kappa shape index (κ2) is 3.99. The summed E-state index contributed by atoms with van der Waals surface area (Å²) in [6, 6.07) is 4.20. The first-order valence-corrected chi connectivity index (χ1v) is 5.15. The molecule has 0 saturated carbocycles. The molecule has 2 aromatic rings. The first kappa shape index (κ1) is 11.3. The molecule has 0 aliphatic carbocycles. The van der Waals surface area contributed by atoms with E-state index in [0.29, 0.717) is 16.9 Å². The first-order valence-electron chi connectivity index (χ1n) is 4.33. The van der Waals surface area contributed by atoms with Crippen LogP contribution in [0, 0.1) is 0 Å². The molecule has 86 valence electrons. The van der Waals surface area contributed by atoms with Crippen LogP contribution in [0.3, 0.4) is 0 Å². The van der Waals surface area contributed by atoms with Crippen molar-refractivity contribution < 1.29 is 18.3 Å². The predicted molar refractivity (Wildman–Crippen MR) is 53.9 cm³/mol. The summed E-state index contributed by atoms with van der Waals surface area (Å²) in [6.45, 7) is -0.267. The Balaban J connectivity index is 2.36. The molecule has 7 heteroatoms. The molecule has 0 spiro atoms.